The van der Waals surface area contributed by atoms with Crippen molar-refractivity contribution in [3.63, 3.8) is 0 Å². The summed E-state index contributed by atoms with van der Waals surface area (Å²) in [4.78, 5) is 12.1. The predicted molar refractivity (Wildman–Crippen MR) is 191 cm³/mol. The normalized spacial score (nSPS) is 17.3. The maximum absolute atomic E-state index is 14.4. The summed E-state index contributed by atoms with van der Waals surface area (Å²) in [5.74, 6) is 0.844. The Kier molecular flexibility index (Phi) is 10.3. The number of pyridine rings is 1. The Labute approximate surface area is 293 Å². The fourth-order valence-electron chi connectivity index (χ4n) is 5.98. The minimum atomic E-state index is -3.69. The molecule has 1 fully saturated rings. The number of hydrogen-bond donors (Lipinski definition) is 0. The summed E-state index contributed by atoms with van der Waals surface area (Å²) >= 11 is 0. The first-order chi connectivity index (χ1) is 23.7. The highest BCUT2D eigenvalue weighted by molar-refractivity contribution is 7.62. The standard InChI is InChI=1S/C38H45FN5O5P/c1-37(2,3)48-50(45,49-38(4,5)6)30-12-13-33-34(21-30)44(23-29-16-19-46-29)35(41-33)24-43-17-14-27(15-18-43)32-8-7-9-36(42-32)47-25-28-11-10-26(22-40)20-31(28)39/h7-14,20-21,29H,15-19,23-25H2,1-6H3/t29-/m0/s1. The summed E-state index contributed by atoms with van der Waals surface area (Å²) in [6.45, 7) is 14.8. The van der Waals surface area contributed by atoms with E-state index < -0.39 is 24.6 Å². The van der Waals surface area contributed by atoms with Crippen molar-refractivity contribution in [2.75, 3.05) is 19.7 Å². The van der Waals surface area contributed by atoms with Crippen molar-refractivity contribution in [2.24, 2.45) is 0 Å². The second-order valence-electron chi connectivity index (χ2n) is 14.8. The molecular formula is C38H45FN5O5P. The Hall–Kier alpha value is -3.91. The highest BCUT2D eigenvalue weighted by Gasteiger charge is 2.38. The van der Waals surface area contributed by atoms with Gasteiger partial charge in [-0.15, -0.1) is 0 Å². The summed E-state index contributed by atoms with van der Waals surface area (Å²) in [6, 6.07) is 17.5. The Balaban J connectivity index is 1.20. The van der Waals surface area contributed by atoms with E-state index in [0.29, 0.717) is 36.4 Å². The van der Waals surface area contributed by atoms with Gasteiger partial charge in [0, 0.05) is 31.3 Å². The maximum atomic E-state index is 14.4. The molecule has 1 saturated heterocycles. The third-order valence-corrected chi connectivity index (χ3v) is 10.9. The lowest BCUT2D eigenvalue weighted by Gasteiger charge is -2.32. The molecule has 1 atom stereocenters. The molecule has 2 aliphatic heterocycles. The van der Waals surface area contributed by atoms with Crippen LogP contribution < -0.4 is 10.0 Å². The van der Waals surface area contributed by atoms with Gasteiger partial charge in [-0.25, -0.2) is 14.4 Å². The van der Waals surface area contributed by atoms with Crippen LogP contribution in [0.2, 0.25) is 0 Å². The van der Waals surface area contributed by atoms with E-state index in [4.69, 9.17) is 28.8 Å². The molecule has 2 aromatic carbocycles. The summed E-state index contributed by atoms with van der Waals surface area (Å²) in [6.07, 6.45) is 4.04. The third kappa shape index (κ3) is 8.68. The molecule has 0 aliphatic carbocycles. The zero-order valence-electron chi connectivity index (χ0n) is 29.6. The number of nitrogens with zero attached hydrogens (tertiary/aromatic N) is 5. The lowest BCUT2D eigenvalue weighted by Crippen LogP contribution is -2.34. The number of benzene rings is 2. The minimum absolute atomic E-state index is 0.0139. The quantitative estimate of drug-likeness (QED) is 0.146. The van der Waals surface area contributed by atoms with Crippen LogP contribution in [-0.4, -0.2) is 56.4 Å². The van der Waals surface area contributed by atoms with Crippen LogP contribution in [0.3, 0.4) is 0 Å². The number of hydrogen-bond acceptors (Lipinski definition) is 9. The molecular weight excluding hydrogens is 656 g/mol. The lowest BCUT2D eigenvalue weighted by molar-refractivity contribution is -0.0591. The second-order valence-corrected chi connectivity index (χ2v) is 16.7. The number of ether oxygens (including phenoxy) is 2. The van der Waals surface area contributed by atoms with Gasteiger partial charge < -0.3 is 14.0 Å². The highest BCUT2D eigenvalue weighted by Crippen LogP contribution is 2.53. The number of fused-ring (bicyclic) bond motifs is 1. The molecule has 2 aliphatic rings. The fraction of sp³-hybridized carbons (Fsp3) is 0.447. The first kappa shape index (κ1) is 35.9. The van der Waals surface area contributed by atoms with Crippen LogP contribution in [0.1, 0.15) is 77.0 Å². The van der Waals surface area contributed by atoms with Gasteiger partial charge in [-0.05, 0) is 96.4 Å². The Bertz CT molecular complexity index is 1970. The molecule has 0 N–H and O–H groups in total. The van der Waals surface area contributed by atoms with E-state index in [1.807, 2.05) is 77.9 Å². The molecule has 0 unspecified atom stereocenters. The van der Waals surface area contributed by atoms with Crippen molar-refractivity contribution >= 4 is 29.5 Å². The smallest absolute Gasteiger partial charge is 0.362 e. The zero-order valence-corrected chi connectivity index (χ0v) is 30.5. The molecule has 0 amide bonds. The maximum Gasteiger partial charge on any atom is 0.362 e. The van der Waals surface area contributed by atoms with Gasteiger partial charge in [-0.2, -0.15) is 5.26 Å². The van der Waals surface area contributed by atoms with Gasteiger partial charge in [0.25, 0.3) is 0 Å². The van der Waals surface area contributed by atoms with Crippen LogP contribution in [0.5, 0.6) is 5.88 Å². The van der Waals surface area contributed by atoms with Crippen LogP contribution in [0.25, 0.3) is 16.6 Å². The van der Waals surface area contributed by atoms with E-state index in [1.165, 1.54) is 6.07 Å². The second kappa shape index (κ2) is 14.4. The average molecular weight is 702 g/mol. The van der Waals surface area contributed by atoms with Crippen molar-refractivity contribution in [1.82, 2.24) is 19.4 Å². The topological polar surface area (TPSA) is 112 Å². The number of aromatic nitrogens is 3. The SMILES string of the molecule is CC(C)(C)OP(=O)(OC(C)(C)C)c1ccc2nc(CN3CC=C(c4cccc(OCc5ccc(C#N)cc5F)n4)CC3)n(C[C@@H]3CCO3)c2c1. The summed E-state index contributed by atoms with van der Waals surface area (Å²) < 4.78 is 54.8. The average Bonchev–Trinajstić information content (AvgIpc) is 3.36. The Morgan fingerprint density at radius 2 is 1.80 bits per heavy atom. The van der Waals surface area contributed by atoms with Crippen molar-refractivity contribution in [3.8, 4) is 11.9 Å². The van der Waals surface area contributed by atoms with Crippen molar-refractivity contribution < 1.29 is 27.5 Å². The summed E-state index contributed by atoms with van der Waals surface area (Å²) in [7, 11) is -3.69. The summed E-state index contributed by atoms with van der Waals surface area (Å²) in [5, 5.41) is 9.49. The van der Waals surface area contributed by atoms with Gasteiger partial charge in [0.05, 0.1) is 64.1 Å². The number of nitriles is 1. The molecule has 0 spiro atoms. The van der Waals surface area contributed by atoms with Gasteiger partial charge in [0.1, 0.15) is 18.2 Å². The van der Waals surface area contributed by atoms with Crippen LogP contribution in [-0.2, 0) is 38.0 Å². The van der Waals surface area contributed by atoms with Gasteiger partial charge in [-0.3, -0.25) is 18.5 Å². The molecule has 6 rings (SSSR count). The molecule has 4 heterocycles. The van der Waals surface area contributed by atoms with Gasteiger partial charge >= 0.3 is 7.60 Å². The molecule has 264 valence electrons. The Morgan fingerprint density at radius 1 is 1.04 bits per heavy atom. The van der Waals surface area contributed by atoms with E-state index in [9.17, 15) is 8.96 Å². The lowest BCUT2D eigenvalue weighted by atomic mass is 10.0. The molecule has 10 nitrogen and oxygen atoms in total. The van der Waals surface area contributed by atoms with E-state index in [1.54, 1.807) is 18.2 Å². The van der Waals surface area contributed by atoms with Crippen molar-refractivity contribution in [1.29, 1.82) is 5.26 Å². The number of halogens is 1. The van der Waals surface area contributed by atoms with Crippen LogP contribution in [0, 0.1) is 17.1 Å². The molecule has 2 aromatic heterocycles. The van der Waals surface area contributed by atoms with Crippen molar-refractivity contribution in [2.45, 2.75) is 91.4 Å². The first-order valence-corrected chi connectivity index (χ1v) is 18.6. The summed E-state index contributed by atoms with van der Waals surface area (Å²) in [5.41, 5.74) is 2.89. The molecule has 0 bridgehead atoms. The van der Waals surface area contributed by atoms with Crippen molar-refractivity contribution in [3.05, 3.63) is 89.1 Å². The van der Waals surface area contributed by atoms with E-state index in [2.05, 4.69) is 20.5 Å². The third-order valence-electron chi connectivity index (χ3n) is 8.36. The number of rotatable bonds is 11. The molecule has 4 aromatic rings. The van der Waals surface area contributed by atoms with E-state index in [-0.39, 0.29) is 18.3 Å². The first-order valence-electron chi connectivity index (χ1n) is 17.0. The van der Waals surface area contributed by atoms with Crippen LogP contribution >= 0.6 is 7.60 Å². The van der Waals surface area contributed by atoms with Gasteiger partial charge in [0.2, 0.25) is 5.88 Å². The predicted octanol–water partition coefficient (Wildman–Crippen LogP) is 7.55. The highest BCUT2D eigenvalue weighted by atomic mass is 31.2. The Morgan fingerprint density at radius 3 is 2.42 bits per heavy atom. The van der Waals surface area contributed by atoms with Gasteiger partial charge in [0.15, 0.2) is 0 Å². The van der Waals surface area contributed by atoms with E-state index in [0.717, 1.165) is 54.1 Å². The molecule has 50 heavy (non-hydrogen) atoms. The number of imidazole rings is 1. The van der Waals surface area contributed by atoms with E-state index >= 15 is 0 Å². The van der Waals surface area contributed by atoms with Gasteiger partial charge in [-0.1, -0.05) is 18.2 Å². The fourth-order valence-corrected chi connectivity index (χ4v) is 8.21. The largest absolute Gasteiger partial charge is 0.473 e. The monoisotopic (exact) mass is 701 g/mol. The zero-order chi connectivity index (χ0) is 35.7. The minimum Gasteiger partial charge on any atom is -0.473 e. The van der Waals surface area contributed by atoms with Crippen LogP contribution in [0.15, 0.2) is 60.7 Å². The molecule has 0 radical (unpaired) electrons. The molecule has 12 heteroatoms. The molecule has 0 saturated carbocycles. The van der Waals surface area contributed by atoms with Crippen LogP contribution in [0.4, 0.5) is 4.39 Å².